The van der Waals surface area contributed by atoms with Crippen LogP contribution >= 0.6 is 0 Å². The molecule has 5 heteroatoms. The predicted octanol–water partition coefficient (Wildman–Crippen LogP) is 11.4. The Hall–Kier alpha value is -7.21. The average Bonchev–Trinajstić information content (AvgIpc) is 3.21. The quantitative estimate of drug-likeness (QED) is 0.170. The van der Waals surface area contributed by atoms with E-state index >= 15 is 0 Å². The first-order valence-electron chi connectivity index (χ1n) is 16.2. The van der Waals surface area contributed by atoms with Crippen molar-refractivity contribution in [3.05, 3.63) is 181 Å². The second-order valence-corrected chi connectivity index (χ2v) is 11.9. The summed E-state index contributed by atoms with van der Waals surface area (Å²) in [6.07, 6.45) is 0. The van der Waals surface area contributed by atoms with Crippen molar-refractivity contribution in [2.75, 3.05) is 0 Å². The van der Waals surface area contributed by atoms with Gasteiger partial charge in [0, 0.05) is 22.3 Å². The smallest absolute Gasteiger partial charge is 0.189 e. The molecule has 0 amide bonds. The molecule has 0 aliphatic rings. The van der Waals surface area contributed by atoms with Gasteiger partial charge in [0.2, 0.25) is 0 Å². The lowest BCUT2D eigenvalue weighted by atomic mass is 9.91. The third kappa shape index (κ3) is 5.88. The van der Waals surface area contributed by atoms with Gasteiger partial charge in [-0.3, -0.25) is 0 Å². The first-order valence-corrected chi connectivity index (χ1v) is 16.2. The number of hydrogen-bond donors (Lipinski definition) is 0. The first-order chi connectivity index (χ1) is 24.7. The first kappa shape index (κ1) is 30.1. The summed E-state index contributed by atoms with van der Waals surface area (Å²) in [5.41, 5.74) is 10.0. The lowest BCUT2D eigenvalue weighted by Crippen LogP contribution is -2.00. The zero-order valence-corrected chi connectivity index (χ0v) is 26.8. The highest BCUT2D eigenvalue weighted by Gasteiger charge is 2.14. The van der Waals surface area contributed by atoms with E-state index in [0.29, 0.717) is 28.7 Å². The van der Waals surface area contributed by atoms with E-state index in [0.717, 1.165) is 60.8 Å². The average molecular weight is 638 g/mol. The van der Waals surface area contributed by atoms with E-state index < -0.39 is 0 Å². The highest BCUT2D eigenvalue weighted by atomic mass is 15.0. The minimum atomic E-state index is 0.458. The molecule has 0 spiro atoms. The summed E-state index contributed by atoms with van der Waals surface area (Å²) in [5.74, 6) is 1.89. The molecule has 0 saturated heterocycles. The van der Waals surface area contributed by atoms with Gasteiger partial charge in [-0.25, -0.2) is 19.8 Å². The zero-order chi connectivity index (χ0) is 33.9. The van der Waals surface area contributed by atoms with Crippen LogP contribution in [0.25, 0.3) is 83.2 Å². The SMILES string of the molecule is [C-]#[N+]c1cc(C#N)cc(-c2ccc(-c3ccc(-c4ccc(-c5nc(-c6ccccc6)nc(-c6ccccc6)n5)cc4)c4ccccc34)cc2)c1. The third-order valence-electron chi connectivity index (χ3n) is 8.78. The van der Waals surface area contributed by atoms with Crippen LogP contribution in [0.3, 0.4) is 0 Å². The lowest BCUT2D eigenvalue weighted by molar-refractivity contribution is 1.07. The molecule has 0 N–H and O–H groups in total. The van der Waals surface area contributed by atoms with Crippen LogP contribution < -0.4 is 0 Å². The van der Waals surface area contributed by atoms with Crippen molar-refractivity contribution in [3.63, 3.8) is 0 Å². The molecule has 0 bridgehead atoms. The van der Waals surface area contributed by atoms with Crippen LogP contribution in [0.15, 0.2) is 164 Å². The van der Waals surface area contributed by atoms with E-state index in [1.165, 1.54) is 0 Å². The second kappa shape index (κ2) is 13.1. The number of benzene rings is 7. The van der Waals surface area contributed by atoms with Gasteiger partial charge in [-0.05, 0) is 62.4 Å². The summed E-state index contributed by atoms with van der Waals surface area (Å²) in [5, 5.41) is 11.7. The maximum Gasteiger partial charge on any atom is 0.189 e. The van der Waals surface area contributed by atoms with Gasteiger partial charge < -0.3 is 0 Å². The van der Waals surface area contributed by atoms with E-state index in [1.54, 1.807) is 6.07 Å². The number of aromatic nitrogens is 3. The van der Waals surface area contributed by atoms with Crippen molar-refractivity contribution in [2.24, 2.45) is 0 Å². The summed E-state index contributed by atoms with van der Waals surface area (Å²) in [7, 11) is 0. The fraction of sp³-hybridized carbons (Fsp3) is 0. The fourth-order valence-electron chi connectivity index (χ4n) is 6.29. The van der Waals surface area contributed by atoms with Crippen molar-refractivity contribution in [1.29, 1.82) is 5.26 Å². The summed E-state index contributed by atoms with van der Waals surface area (Å²) < 4.78 is 0. The highest BCUT2D eigenvalue weighted by molar-refractivity contribution is 6.05. The van der Waals surface area contributed by atoms with Crippen molar-refractivity contribution >= 4 is 16.5 Å². The number of rotatable bonds is 6. The van der Waals surface area contributed by atoms with E-state index in [-0.39, 0.29) is 0 Å². The Morgan fingerprint density at radius 3 is 1.30 bits per heavy atom. The zero-order valence-electron chi connectivity index (χ0n) is 26.8. The van der Waals surface area contributed by atoms with Gasteiger partial charge in [-0.1, -0.05) is 146 Å². The molecule has 0 aliphatic heterocycles. The largest absolute Gasteiger partial charge is 0.238 e. The molecular weight excluding hydrogens is 611 g/mol. The Bertz CT molecular complexity index is 2490. The molecule has 1 aromatic heterocycles. The minimum absolute atomic E-state index is 0.458. The molecule has 8 aromatic rings. The van der Waals surface area contributed by atoms with Gasteiger partial charge in [0.25, 0.3) is 0 Å². The molecule has 1 heterocycles. The van der Waals surface area contributed by atoms with Crippen molar-refractivity contribution in [2.45, 2.75) is 0 Å². The summed E-state index contributed by atoms with van der Waals surface area (Å²) in [6.45, 7) is 7.41. The normalized spacial score (nSPS) is 10.8. The lowest BCUT2D eigenvalue weighted by Gasteiger charge is -2.13. The molecule has 232 valence electrons. The molecule has 5 nitrogen and oxygen atoms in total. The van der Waals surface area contributed by atoms with Gasteiger partial charge in [-0.15, -0.1) is 0 Å². The van der Waals surface area contributed by atoms with Crippen LogP contribution in [0.2, 0.25) is 0 Å². The number of hydrogen-bond acceptors (Lipinski definition) is 4. The number of nitrogens with zero attached hydrogens (tertiary/aromatic N) is 5. The van der Waals surface area contributed by atoms with E-state index in [1.807, 2.05) is 72.8 Å². The van der Waals surface area contributed by atoms with Crippen LogP contribution in [-0.2, 0) is 0 Å². The van der Waals surface area contributed by atoms with Crippen molar-refractivity contribution in [1.82, 2.24) is 15.0 Å². The van der Waals surface area contributed by atoms with E-state index in [4.69, 9.17) is 21.5 Å². The van der Waals surface area contributed by atoms with Crippen LogP contribution in [0.4, 0.5) is 5.69 Å². The van der Waals surface area contributed by atoms with Gasteiger partial charge in [0.05, 0.1) is 12.6 Å². The van der Waals surface area contributed by atoms with Crippen molar-refractivity contribution in [3.8, 4) is 73.6 Å². The molecule has 50 heavy (non-hydrogen) atoms. The predicted molar refractivity (Wildman–Crippen MR) is 201 cm³/mol. The van der Waals surface area contributed by atoms with Crippen LogP contribution in [0, 0.1) is 17.9 Å². The molecule has 8 rings (SSSR count). The standard InChI is InChI=1S/C45H27N5/c1-47-38-27-30(29-46)26-37(28-38)31-16-18-32(19-17-31)39-24-25-40(42-15-9-8-14-41(39)42)33-20-22-36(23-21-33)45-49-43(34-10-4-2-5-11-34)48-44(50-45)35-12-6-3-7-13-35/h2-28H. The molecular formula is C45H27N5. The Labute approximate surface area is 290 Å². The number of fused-ring (bicyclic) bond motifs is 1. The van der Waals surface area contributed by atoms with Crippen LogP contribution in [0.5, 0.6) is 0 Å². The molecule has 0 radical (unpaired) electrons. The van der Waals surface area contributed by atoms with Crippen LogP contribution in [-0.4, -0.2) is 15.0 Å². The number of nitriles is 1. The molecule has 0 fully saturated rings. The second-order valence-electron chi connectivity index (χ2n) is 11.9. The monoisotopic (exact) mass is 637 g/mol. The summed E-state index contributed by atoms with van der Waals surface area (Å²) >= 11 is 0. The Morgan fingerprint density at radius 2 is 0.840 bits per heavy atom. The van der Waals surface area contributed by atoms with E-state index in [9.17, 15) is 5.26 Å². The summed E-state index contributed by atoms with van der Waals surface area (Å²) in [6, 6.07) is 57.0. The van der Waals surface area contributed by atoms with Gasteiger partial charge >= 0.3 is 0 Å². The maximum absolute atomic E-state index is 9.43. The van der Waals surface area contributed by atoms with Crippen LogP contribution in [0.1, 0.15) is 5.56 Å². The van der Waals surface area contributed by atoms with E-state index in [2.05, 4.69) is 95.8 Å². The third-order valence-corrected chi connectivity index (χ3v) is 8.78. The maximum atomic E-state index is 9.43. The molecule has 0 atom stereocenters. The summed E-state index contributed by atoms with van der Waals surface area (Å²) in [4.78, 5) is 18.1. The molecule has 0 saturated carbocycles. The minimum Gasteiger partial charge on any atom is -0.238 e. The molecule has 0 unspecified atom stereocenters. The molecule has 0 aliphatic carbocycles. The van der Waals surface area contributed by atoms with Gasteiger partial charge in [0.15, 0.2) is 23.2 Å². The fourth-order valence-corrected chi connectivity index (χ4v) is 6.29. The Morgan fingerprint density at radius 1 is 0.420 bits per heavy atom. The Balaban J connectivity index is 1.14. The van der Waals surface area contributed by atoms with Crippen molar-refractivity contribution < 1.29 is 0 Å². The highest BCUT2D eigenvalue weighted by Crippen LogP contribution is 2.37. The Kier molecular flexibility index (Phi) is 7.91. The molecule has 7 aromatic carbocycles. The van der Waals surface area contributed by atoms with Gasteiger partial charge in [-0.2, -0.15) is 5.26 Å². The van der Waals surface area contributed by atoms with Gasteiger partial charge in [0.1, 0.15) is 0 Å². The topological polar surface area (TPSA) is 66.8 Å².